The second-order valence-corrected chi connectivity index (χ2v) is 11.0. The van der Waals surface area contributed by atoms with Gasteiger partial charge in [0.1, 0.15) is 0 Å². The summed E-state index contributed by atoms with van der Waals surface area (Å²) in [7, 11) is 0. The second kappa shape index (κ2) is 9.96. The van der Waals surface area contributed by atoms with E-state index in [0.717, 1.165) is 12.8 Å². The fourth-order valence-electron chi connectivity index (χ4n) is 6.81. The lowest BCUT2D eigenvalue weighted by Crippen LogP contribution is -2.27. The summed E-state index contributed by atoms with van der Waals surface area (Å²) < 4.78 is 0. The Kier molecular flexibility index (Phi) is 6.13. The molecule has 2 aliphatic carbocycles. The molecule has 5 aromatic carbocycles. The first-order valence-electron chi connectivity index (χ1n) is 14.5. The highest BCUT2D eigenvalue weighted by Crippen LogP contribution is 2.41. The summed E-state index contributed by atoms with van der Waals surface area (Å²) in [5.41, 5.74) is 16.0. The molecule has 2 aliphatic rings. The molecule has 7 rings (SSSR count). The Labute approximate surface area is 237 Å². The van der Waals surface area contributed by atoms with Crippen molar-refractivity contribution in [1.29, 1.82) is 0 Å². The van der Waals surface area contributed by atoms with Gasteiger partial charge in [0, 0.05) is 5.92 Å². The molecule has 1 unspecified atom stereocenters. The molecular weight excluding hydrogens is 480 g/mol. The molecule has 0 saturated heterocycles. The fraction of sp³-hybridized carbons (Fsp3) is 0.150. The number of hydrogen-bond donors (Lipinski definition) is 0. The molecule has 1 atom stereocenters. The summed E-state index contributed by atoms with van der Waals surface area (Å²) in [6.45, 7) is 6.80. The average molecular weight is 514 g/mol. The van der Waals surface area contributed by atoms with E-state index < -0.39 is 0 Å². The maximum atomic E-state index is 3.93. The van der Waals surface area contributed by atoms with Gasteiger partial charge in [0.25, 0.3) is 0 Å². The molecule has 1 radical (unpaired) electrons. The van der Waals surface area contributed by atoms with Crippen molar-refractivity contribution in [3.8, 4) is 11.1 Å². The van der Waals surface area contributed by atoms with Crippen molar-refractivity contribution in [2.75, 3.05) is 0 Å². The molecule has 0 N–H and O–H groups in total. The SMILES string of the molecule is CCc1ccc2c(c1)[C]=c1c-2cc(=C(c2ccccc2)c2ccccc2)c(CC)c1C1C=C(C)c2ccccc21. The second-order valence-electron chi connectivity index (χ2n) is 11.0. The van der Waals surface area contributed by atoms with Gasteiger partial charge in [-0.25, -0.2) is 0 Å². The highest BCUT2D eigenvalue weighted by atomic mass is 14.3. The number of hydrogen-bond acceptors (Lipinski definition) is 0. The van der Waals surface area contributed by atoms with Gasteiger partial charge in [-0.3, -0.25) is 0 Å². The standard InChI is InChI=1S/C40H33/c1-4-27-20-21-33-30(23-27)24-37-35(33)25-38(39(28-14-8-6-9-15-28)29-16-10-7-11-17-29)31(5-2)40(37)36-22-26(3)32-18-12-13-19-34(32)36/h6-23,25,36H,4-5H2,1-3H3. The summed E-state index contributed by atoms with van der Waals surface area (Å²) >= 11 is 0. The number of allylic oxidation sites excluding steroid dienone is 2. The van der Waals surface area contributed by atoms with Crippen molar-refractivity contribution < 1.29 is 0 Å². The van der Waals surface area contributed by atoms with Crippen LogP contribution in [0.3, 0.4) is 0 Å². The van der Waals surface area contributed by atoms with Crippen LogP contribution >= 0.6 is 0 Å². The number of aryl methyl sites for hydroxylation is 1. The molecule has 5 aromatic rings. The highest BCUT2D eigenvalue weighted by Gasteiger charge is 2.29. The van der Waals surface area contributed by atoms with Gasteiger partial charge in [0.2, 0.25) is 0 Å². The van der Waals surface area contributed by atoms with Gasteiger partial charge in [-0.2, -0.15) is 0 Å². The van der Waals surface area contributed by atoms with E-state index in [1.54, 1.807) is 0 Å². The van der Waals surface area contributed by atoms with Crippen LogP contribution in [-0.4, -0.2) is 0 Å². The van der Waals surface area contributed by atoms with Gasteiger partial charge in [-0.1, -0.05) is 123 Å². The molecule has 0 spiro atoms. The van der Waals surface area contributed by atoms with Crippen molar-refractivity contribution in [1.82, 2.24) is 0 Å². The van der Waals surface area contributed by atoms with Crippen LogP contribution in [0.15, 0.2) is 115 Å². The van der Waals surface area contributed by atoms with E-state index in [1.165, 1.54) is 77.2 Å². The normalized spacial score (nSPS) is 14.7. The summed E-state index contributed by atoms with van der Waals surface area (Å²) in [5.74, 6) is 0.208. The highest BCUT2D eigenvalue weighted by molar-refractivity contribution is 5.88. The van der Waals surface area contributed by atoms with Crippen LogP contribution in [0.5, 0.6) is 0 Å². The van der Waals surface area contributed by atoms with Gasteiger partial charge < -0.3 is 0 Å². The lowest BCUT2D eigenvalue weighted by molar-refractivity contribution is 0.967. The molecule has 0 aliphatic heterocycles. The van der Waals surface area contributed by atoms with Crippen LogP contribution in [0.2, 0.25) is 0 Å². The largest absolute Gasteiger partial charge is 0.0690 e. The van der Waals surface area contributed by atoms with Crippen LogP contribution in [0.25, 0.3) is 28.3 Å². The Bertz CT molecular complexity index is 1860. The van der Waals surface area contributed by atoms with Crippen molar-refractivity contribution in [2.24, 2.45) is 0 Å². The van der Waals surface area contributed by atoms with Crippen LogP contribution in [0.1, 0.15) is 71.2 Å². The number of rotatable bonds is 5. The maximum absolute atomic E-state index is 3.93. The van der Waals surface area contributed by atoms with Crippen molar-refractivity contribution in [3.63, 3.8) is 0 Å². The van der Waals surface area contributed by atoms with E-state index in [0.29, 0.717) is 0 Å². The summed E-state index contributed by atoms with van der Waals surface area (Å²) in [6.07, 6.45) is 8.39. The molecule has 0 fully saturated rings. The lowest BCUT2D eigenvalue weighted by Gasteiger charge is -2.21. The smallest absolute Gasteiger partial charge is 0.0290 e. The lowest BCUT2D eigenvalue weighted by atomic mass is 9.82. The minimum atomic E-state index is 0.208. The third kappa shape index (κ3) is 3.90. The van der Waals surface area contributed by atoms with Crippen molar-refractivity contribution in [2.45, 2.75) is 39.5 Å². The first kappa shape index (κ1) is 24.6. The van der Waals surface area contributed by atoms with Gasteiger partial charge in [-0.05, 0) is 109 Å². The minimum absolute atomic E-state index is 0.208. The van der Waals surface area contributed by atoms with Crippen molar-refractivity contribution >= 4 is 17.2 Å². The molecule has 0 heterocycles. The Morgan fingerprint density at radius 3 is 2.02 bits per heavy atom. The maximum Gasteiger partial charge on any atom is 0.0290 e. The molecule has 0 bridgehead atoms. The summed E-state index contributed by atoms with van der Waals surface area (Å²) in [4.78, 5) is 0. The van der Waals surface area contributed by atoms with Gasteiger partial charge in [0.15, 0.2) is 0 Å². The van der Waals surface area contributed by atoms with E-state index in [4.69, 9.17) is 0 Å². The average Bonchev–Trinajstić information content (AvgIpc) is 3.54. The van der Waals surface area contributed by atoms with Gasteiger partial charge in [0.05, 0.1) is 0 Å². The van der Waals surface area contributed by atoms with Gasteiger partial charge in [-0.15, -0.1) is 0 Å². The molecule has 40 heavy (non-hydrogen) atoms. The Hall–Kier alpha value is -4.42. The molecule has 193 valence electrons. The monoisotopic (exact) mass is 513 g/mol. The summed E-state index contributed by atoms with van der Waals surface area (Å²) in [5, 5.41) is 2.60. The number of fused-ring (bicyclic) bond motifs is 4. The first-order valence-corrected chi connectivity index (χ1v) is 14.5. The molecule has 0 nitrogen and oxygen atoms in total. The molecule has 0 amide bonds. The van der Waals surface area contributed by atoms with E-state index in [9.17, 15) is 0 Å². The Balaban J connectivity index is 1.66. The molecule has 0 saturated carbocycles. The number of benzene rings is 5. The zero-order valence-corrected chi connectivity index (χ0v) is 23.5. The van der Waals surface area contributed by atoms with Crippen LogP contribution in [0.4, 0.5) is 0 Å². The van der Waals surface area contributed by atoms with E-state index in [1.807, 2.05) is 0 Å². The predicted molar refractivity (Wildman–Crippen MR) is 169 cm³/mol. The summed E-state index contributed by atoms with van der Waals surface area (Å²) in [6, 6.07) is 40.2. The van der Waals surface area contributed by atoms with Crippen molar-refractivity contribution in [3.05, 3.63) is 170 Å². The minimum Gasteiger partial charge on any atom is -0.0690 e. The zero-order chi connectivity index (χ0) is 27.2. The first-order chi connectivity index (χ1) is 19.7. The van der Waals surface area contributed by atoms with Crippen LogP contribution in [0, 0.1) is 0 Å². The zero-order valence-electron chi connectivity index (χ0n) is 23.5. The third-order valence-electron chi connectivity index (χ3n) is 8.72. The quantitative estimate of drug-likeness (QED) is 0.218. The predicted octanol–water partition coefficient (Wildman–Crippen LogP) is 8.29. The molecular formula is C40H33. The van der Waals surface area contributed by atoms with Crippen LogP contribution < -0.4 is 10.4 Å². The van der Waals surface area contributed by atoms with E-state index in [2.05, 4.69) is 142 Å². The molecule has 0 aromatic heterocycles. The third-order valence-corrected chi connectivity index (χ3v) is 8.72. The fourth-order valence-corrected chi connectivity index (χ4v) is 6.81. The van der Waals surface area contributed by atoms with Gasteiger partial charge >= 0.3 is 0 Å². The Morgan fingerprint density at radius 2 is 1.35 bits per heavy atom. The Morgan fingerprint density at radius 1 is 0.675 bits per heavy atom. The van der Waals surface area contributed by atoms with E-state index >= 15 is 0 Å². The topological polar surface area (TPSA) is 0 Å². The van der Waals surface area contributed by atoms with E-state index in [-0.39, 0.29) is 5.92 Å². The molecule has 0 heteroatoms. The van der Waals surface area contributed by atoms with Crippen LogP contribution in [-0.2, 0) is 12.8 Å².